The van der Waals surface area contributed by atoms with Crippen LogP contribution in [-0.2, 0) is 12.8 Å². The summed E-state index contributed by atoms with van der Waals surface area (Å²) < 4.78 is 2.22. The van der Waals surface area contributed by atoms with Crippen LogP contribution >= 0.6 is 0 Å². The van der Waals surface area contributed by atoms with Gasteiger partial charge in [-0.2, -0.15) is 0 Å². The van der Waals surface area contributed by atoms with Crippen molar-refractivity contribution < 1.29 is 0 Å². The van der Waals surface area contributed by atoms with Crippen LogP contribution in [-0.4, -0.2) is 14.5 Å². The van der Waals surface area contributed by atoms with Crippen molar-refractivity contribution in [2.45, 2.75) is 46.5 Å². The standard InChI is InChI=1S/C55H43N3.C2H6/c1-4-17-45-37(6-3)30-41-28-27-39(34-48(41)45)43-31-42(36(5-2)21-16-29-58-52-26-15-14-25-51(52)57-55(58)38-18-8-7-9-19-38)32-44(33-43)54-53-46-22-11-10-20-40(46)35-49(53)47-23-12-13-24-50(47)56-54;1-2/h4-8,10-18,20-29,31-34H,2-3,9,19,30,35H2,1H3;1-2H3/b17-4-,29-16+,36-21+;. The Morgan fingerprint density at radius 1 is 0.750 bits per heavy atom. The van der Waals surface area contributed by atoms with Gasteiger partial charge in [0.25, 0.3) is 0 Å². The zero-order valence-corrected chi connectivity index (χ0v) is 34.8. The average Bonchev–Trinajstić information content (AvgIpc) is 4.00. The van der Waals surface area contributed by atoms with Gasteiger partial charge in [0.2, 0.25) is 0 Å². The highest BCUT2D eigenvalue weighted by molar-refractivity contribution is 6.00. The minimum Gasteiger partial charge on any atom is -0.299 e. The summed E-state index contributed by atoms with van der Waals surface area (Å²) >= 11 is 0. The number of aromatic nitrogens is 3. The van der Waals surface area contributed by atoms with E-state index in [9.17, 15) is 0 Å². The summed E-state index contributed by atoms with van der Waals surface area (Å²) in [6.45, 7) is 14.6. The highest BCUT2D eigenvalue weighted by Gasteiger charge is 2.26. The maximum atomic E-state index is 5.46. The smallest absolute Gasteiger partial charge is 0.141 e. The number of benzene rings is 5. The van der Waals surface area contributed by atoms with Gasteiger partial charge < -0.3 is 0 Å². The second kappa shape index (κ2) is 16.6. The summed E-state index contributed by atoms with van der Waals surface area (Å²) in [5, 5.41) is 1.22. The fraction of sp³-hybridized carbons (Fsp3) is 0.123. The summed E-state index contributed by atoms with van der Waals surface area (Å²) in [6, 6.07) is 39.6. The molecule has 3 nitrogen and oxygen atoms in total. The fourth-order valence-electron chi connectivity index (χ4n) is 9.07. The van der Waals surface area contributed by atoms with E-state index in [1.54, 1.807) is 0 Å². The Morgan fingerprint density at radius 3 is 2.35 bits per heavy atom. The van der Waals surface area contributed by atoms with Gasteiger partial charge in [0.05, 0.1) is 22.2 Å². The van der Waals surface area contributed by atoms with Gasteiger partial charge in [0, 0.05) is 22.7 Å². The summed E-state index contributed by atoms with van der Waals surface area (Å²) in [6.07, 6.45) is 25.1. The molecule has 0 saturated heterocycles. The topological polar surface area (TPSA) is 30.7 Å². The van der Waals surface area contributed by atoms with Gasteiger partial charge in [-0.3, -0.25) is 4.57 Å². The number of hydrogen-bond donors (Lipinski definition) is 0. The minimum absolute atomic E-state index is 0.894. The van der Waals surface area contributed by atoms with Crippen LogP contribution < -0.4 is 0 Å². The van der Waals surface area contributed by atoms with Crippen molar-refractivity contribution in [2.75, 3.05) is 0 Å². The van der Waals surface area contributed by atoms with E-state index in [1.165, 1.54) is 55.5 Å². The zero-order valence-electron chi connectivity index (χ0n) is 34.8. The number of nitrogens with zero attached hydrogens (tertiary/aromatic N) is 3. The Morgan fingerprint density at radius 2 is 1.53 bits per heavy atom. The van der Waals surface area contributed by atoms with Crippen molar-refractivity contribution in [3.8, 4) is 33.5 Å². The molecule has 0 bridgehead atoms. The van der Waals surface area contributed by atoms with Gasteiger partial charge in [0.15, 0.2) is 0 Å². The minimum atomic E-state index is 0.894. The number of allylic oxidation sites excluding steroid dienone is 13. The number of para-hydroxylation sites is 3. The normalized spacial score (nSPS) is 14.4. The molecule has 292 valence electrons. The molecular formula is C57H49N3. The molecule has 0 fully saturated rings. The summed E-state index contributed by atoms with van der Waals surface area (Å²) in [7, 11) is 0. The van der Waals surface area contributed by atoms with Gasteiger partial charge in [0.1, 0.15) is 5.82 Å². The molecule has 10 rings (SSSR count). The summed E-state index contributed by atoms with van der Waals surface area (Å²) in [5.41, 5.74) is 21.1. The first-order valence-corrected chi connectivity index (χ1v) is 21.2. The Kier molecular flexibility index (Phi) is 10.7. The van der Waals surface area contributed by atoms with Crippen LogP contribution in [0.15, 0.2) is 183 Å². The molecule has 3 aliphatic rings. The third-order valence-corrected chi connectivity index (χ3v) is 11.9. The van der Waals surface area contributed by atoms with E-state index in [0.717, 1.165) is 81.6 Å². The first kappa shape index (κ1) is 38.4. The lowest BCUT2D eigenvalue weighted by Gasteiger charge is -2.16. The van der Waals surface area contributed by atoms with Crippen molar-refractivity contribution >= 4 is 44.9 Å². The Bertz CT molecular complexity index is 3040. The number of hydrogen-bond acceptors (Lipinski definition) is 2. The molecule has 60 heavy (non-hydrogen) atoms. The van der Waals surface area contributed by atoms with Crippen LogP contribution in [0, 0.1) is 0 Å². The van der Waals surface area contributed by atoms with E-state index in [4.69, 9.17) is 9.97 Å². The SMILES string of the molecule is C=CC1=C(/C=C\C)c2cc(-c3cc(/C(C=C)=C/C=C/n4c(C5=CC=CCC5)nc5ccccc54)cc(-c4nc5ccccc5c5c4-c4ccccc4C5)c3)ccc2C1.CC. The zero-order chi connectivity index (χ0) is 41.2. The van der Waals surface area contributed by atoms with Crippen molar-refractivity contribution in [3.05, 3.63) is 216 Å². The molecule has 0 aliphatic heterocycles. The van der Waals surface area contributed by atoms with E-state index in [-0.39, 0.29) is 0 Å². The number of rotatable bonds is 9. The third-order valence-electron chi connectivity index (χ3n) is 11.9. The molecule has 0 N–H and O–H groups in total. The van der Waals surface area contributed by atoms with Gasteiger partial charge in [-0.15, -0.1) is 0 Å². The van der Waals surface area contributed by atoms with Crippen LogP contribution in [0.2, 0.25) is 0 Å². The van der Waals surface area contributed by atoms with E-state index in [1.807, 2.05) is 26.0 Å². The first-order chi connectivity index (χ1) is 29.6. The number of imidazole rings is 1. The quantitative estimate of drug-likeness (QED) is 0.137. The molecule has 3 aliphatic carbocycles. The van der Waals surface area contributed by atoms with Crippen molar-refractivity contribution in [1.82, 2.24) is 14.5 Å². The highest BCUT2D eigenvalue weighted by atomic mass is 15.1. The van der Waals surface area contributed by atoms with Crippen LogP contribution in [0.5, 0.6) is 0 Å². The molecule has 0 amide bonds. The molecule has 0 saturated carbocycles. The predicted molar refractivity (Wildman–Crippen MR) is 257 cm³/mol. The Balaban J connectivity index is 0.00000228. The van der Waals surface area contributed by atoms with E-state index in [2.05, 4.69) is 183 Å². The molecule has 0 unspecified atom stereocenters. The molecular weight excluding hydrogens is 727 g/mol. The fourth-order valence-corrected chi connectivity index (χ4v) is 9.07. The monoisotopic (exact) mass is 775 g/mol. The lowest BCUT2D eigenvalue weighted by molar-refractivity contribution is 1.00. The second-order valence-corrected chi connectivity index (χ2v) is 15.3. The number of pyridine rings is 1. The largest absolute Gasteiger partial charge is 0.299 e. The Labute approximate surface area is 354 Å². The van der Waals surface area contributed by atoms with Crippen molar-refractivity contribution in [3.63, 3.8) is 0 Å². The molecule has 0 spiro atoms. The highest BCUT2D eigenvalue weighted by Crippen LogP contribution is 2.46. The van der Waals surface area contributed by atoms with Crippen molar-refractivity contribution in [1.29, 1.82) is 0 Å². The average molecular weight is 776 g/mol. The molecule has 7 aromatic rings. The van der Waals surface area contributed by atoms with Crippen LogP contribution in [0.3, 0.4) is 0 Å². The predicted octanol–water partition coefficient (Wildman–Crippen LogP) is 15.1. The maximum absolute atomic E-state index is 5.46. The molecule has 2 heterocycles. The maximum Gasteiger partial charge on any atom is 0.141 e. The number of fused-ring (bicyclic) bond motifs is 7. The molecule has 3 heteroatoms. The van der Waals surface area contributed by atoms with Crippen LogP contribution in [0.25, 0.3) is 78.4 Å². The second-order valence-electron chi connectivity index (χ2n) is 15.3. The van der Waals surface area contributed by atoms with Crippen LogP contribution in [0.1, 0.15) is 67.3 Å². The molecule has 2 aromatic heterocycles. The third kappa shape index (κ3) is 6.86. The molecule has 0 radical (unpaired) electrons. The lowest BCUT2D eigenvalue weighted by Crippen LogP contribution is -1.98. The van der Waals surface area contributed by atoms with Crippen LogP contribution in [0.4, 0.5) is 0 Å². The van der Waals surface area contributed by atoms with Gasteiger partial charge in [-0.25, -0.2) is 9.97 Å². The van der Waals surface area contributed by atoms with E-state index >= 15 is 0 Å². The van der Waals surface area contributed by atoms with Gasteiger partial charge in [-0.05, 0) is 148 Å². The summed E-state index contributed by atoms with van der Waals surface area (Å²) in [5.74, 6) is 0.985. The van der Waals surface area contributed by atoms with Crippen molar-refractivity contribution in [2.24, 2.45) is 0 Å². The van der Waals surface area contributed by atoms with E-state index in [0.29, 0.717) is 0 Å². The van der Waals surface area contributed by atoms with E-state index < -0.39 is 0 Å². The first-order valence-electron chi connectivity index (χ1n) is 21.2. The van der Waals surface area contributed by atoms with Gasteiger partial charge >= 0.3 is 0 Å². The Hall–Kier alpha value is -7.10. The summed E-state index contributed by atoms with van der Waals surface area (Å²) in [4.78, 5) is 10.5. The van der Waals surface area contributed by atoms with Gasteiger partial charge in [-0.1, -0.05) is 142 Å². The molecule has 0 atom stereocenters. The molecule has 5 aromatic carbocycles. The lowest BCUT2D eigenvalue weighted by atomic mass is 9.90.